The van der Waals surface area contributed by atoms with Gasteiger partial charge in [0.25, 0.3) is 5.91 Å². The summed E-state index contributed by atoms with van der Waals surface area (Å²) in [6, 6.07) is 9.53. The molecule has 1 aromatic carbocycles. The lowest BCUT2D eigenvalue weighted by molar-refractivity contribution is -0.00681. The van der Waals surface area contributed by atoms with Gasteiger partial charge in [-0.05, 0) is 48.7 Å². The van der Waals surface area contributed by atoms with Crippen LogP contribution in [0.3, 0.4) is 0 Å². The Labute approximate surface area is 134 Å². The van der Waals surface area contributed by atoms with Crippen LogP contribution in [-0.2, 0) is 11.3 Å². The molecule has 1 unspecified atom stereocenters. The molecule has 0 bridgehead atoms. The number of ether oxygens (including phenoxy) is 1. The molecule has 120 valence electrons. The summed E-state index contributed by atoms with van der Waals surface area (Å²) in [6.07, 6.45) is 5.38. The van der Waals surface area contributed by atoms with Crippen LogP contribution >= 0.6 is 0 Å². The minimum Gasteiger partial charge on any atom is -0.372 e. The van der Waals surface area contributed by atoms with Crippen molar-refractivity contribution in [3.63, 3.8) is 0 Å². The third kappa shape index (κ3) is 4.13. The number of carbonyl (C=O) groups excluding carboxylic acids is 1. The molecule has 0 aliphatic carbocycles. The van der Waals surface area contributed by atoms with Gasteiger partial charge in [-0.1, -0.05) is 6.07 Å². The van der Waals surface area contributed by atoms with E-state index in [0.29, 0.717) is 25.3 Å². The standard InChI is InChI=1S/C18H19FN2O2/c19-16-7-5-15(6-8-16)18(22)21-10-2-4-17(12-21)23-13-14-3-1-9-20-11-14/h1,3,5-9,11,17H,2,4,10,12-13H2. The lowest BCUT2D eigenvalue weighted by Crippen LogP contribution is -2.43. The highest BCUT2D eigenvalue weighted by Gasteiger charge is 2.25. The Morgan fingerprint density at radius 1 is 1.30 bits per heavy atom. The molecule has 0 saturated carbocycles. The van der Waals surface area contributed by atoms with Crippen molar-refractivity contribution in [2.45, 2.75) is 25.6 Å². The Morgan fingerprint density at radius 2 is 2.13 bits per heavy atom. The summed E-state index contributed by atoms with van der Waals surface area (Å²) in [6.45, 7) is 1.77. The van der Waals surface area contributed by atoms with Gasteiger partial charge in [-0.3, -0.25) is 9.78 Å². The molecule has 1 fully saturated rings. The van der Waals surface area contributed by atoms with Gasteiger partial charge in [-0.2, -0.15) is 0 Å². The Morgan fingerprint density at radius 3 is 2.87 bits per heavy atom. The van der Waals surface area contributed by atoms with Crippen molar-refractivity contribution in [2.75, 3.05) is 13.1 Å². The van der Waals surface area contributed by atoms with Gasteiger partial charge in [0.1, 0.15) is 5.82 Å². The fourth-order valence-corrected chi connectivity index (χ4v) is 2.73. The smallest absolute Gasteiger partial charge is 0.253 e. The van der Waals surface area contributed by atoms with Crippen LogP contribution < -0.4 is 0 Å². The van der Waals surface area contributed by atoms with Crippen molar-refractivity contribution in [3.8, 4) is 0 Å². The first-order valence-electron chi connectivity index (χ1n) is 7.78. The van der Waals surface area contributed by atoms with Gasteiger partial charge in [-0.15, -0.1) is 0 Å². The number of piperidine rings is 1. The number of rotatable bonds is 4. The molecule has 1 aliphatic rings. The van der Waals surface area contributed by atoms with Crippen molar-refractivity contribution in [3.05, 3.63) is 65.7 Å². The number of amides is 1. The van der Waals surface area contributed by atoms with E-state index in [0.717, 1.165) is 18.4 Å². The highest BCUT2D eigenvalue weighted by molar-refractivity contribution is 5.94. The van der Waals surface area contributed by atoms with Crippen molar-refractivity contribution < 1.29 is 13.9 Å². The summed E-state index contributed by atoms with van der Waals surface area (Å²) in [5.41, 5.74) is 1.54. The molecule has 3 rings (SSSR count). The van der Waals surface area contributed by atoms with E-state index < -0.39 is 0 Å². The highest BCUT2D eigenvalue weighted by Crippen LogP contribution is 2.17. The predicted octanol–water partition coefficient (Wildman–Crippen LogP) is 3.04. The van der Waals surface area contributed by atoms with E-state index >= 15 is 0 Å². The lowest BCUT2D eigenvalue weighted by atomic mass is 10.1. The monoisotopic (exact) mass is 314 g/mol. The van der Waals surface area contributed by atoms with E-state index in [1.54, 1.807) is 17.3 Å². The molecular formula is C18H19FN2O2. The molecule has 23 heavy (non-hydrogen) atoms. The molecule has 2 heterocycles. The fourth-order valence-electron chi connectivity index (χ4n) is 2.73. The number of hydrogen-bond donors (Lipinski definition) is 0. The Kier molecular flexibility index (Phi) is 4.98. The summed E-state index contributed by atoms with van der Waals surface area (Å²) in [5, 5.41) is 0. The van der Waals surface area contributed by atoms with E-state index in [9.17, 15) is 9.18 Å². The third-order valence-electron chi connectivity index (χ3n) is 3.97. The van der Waals surface area contributed by atoms with Crippen molar-refractivity contribution >= 4 is 5.91 Å². The molecule has 0 radical (unpaired) electrons. The molecule has 1 aromatic heterocycles. The van der Waals surface area contributed by atoms with E-state index in [2.05, 4.69) is 4.98 Å². The summed E-state index contributed by atoms with van der Waals surface area (Å²) in [4.78, 5) is 18.3. The molecule has 5 heteroatoms. The van der Waals surface area contributed by atoms with Crippen molar-refractivity contribution in [2.24, 2.45) is 0 Å². The van der Waals surface area contributed by atoms with Crippen LogP contribution in [0.15, 0.2) is 48.8 Å². The average molecular weight is 314 g/mol. The van der Waals surface area contributed by atoms with E-state index in [4.69, 9.17) is 4.74 Å². The van der Waals surface area contributed by atoms with Gasteiger partial charge in [0.15, 0.2) is 0 Å². The average Bonchev–Trinajstić information content (AvgIpc) is 2.61. The number of benzene rings is 1. The summed E-state index contributed by atoms with van der Waals surface area (Å²) in [7, 11) is 0. The predicted molar refractivity (Wildman–Crippen MR) is 84.4 cm³/mol. The van der Waals surface area contributed by atoms with Crippen LogP contribution in [0.25, 0.3) is 0 Å². The first kappa shape index (κ1) is 15.6. The number of halogens is 1. The SMILES string of the molecule is O=C(c1ccc(F)cc1)N1CCCC(OCc2cccnc2)C1. The van der Waals surface area contributed by atoms with Crippen molar-refractivity contribution in [1.29, 1.82) is 0 Å². The highest BCUT2D eigenvalue weighted by atomic mass is 19.1. The maximum atomic E-state index is 13.0. The van der Waals surface area contributed by atoms with Crippen LogP contribution in [0.4, 0.5) is 4.39 Å². The third-order valence-corrected chi connectivity index (χ3v) is 3.97. The molecule has 0 spiro atoms. The molecule has 1 saturated heterocycles. The molecular weight excluding hydrogens is 295 g/mol. The van der Waals surface area contributed by atoms with Crippen molar-refractivity contribution in [1.82, 2.24) is 9.88 Å². The zero-order valence-corrected chi connectivity index (χ0v) is 12.8. The van der Waals surface area contributed by atoms with E-state index in [-0.39, 0.29) is 17.8 Å². The van der Waals surface area contributed by atoms with Gasteiger partial charge in [0, 0.05) is 31.0 Å². The number of hydrogen-bond acceptors (Lipinski definition) is 3. The van der Waals surface area contributed by atoms with Gasteiger partial charge in [0.2, 0.25) is 0 Å². The first-order valence-corrected chi connectivity index (χ1v) is 7.78. The number of likely N-dealkylation sites (tertiary alicyclic amines) is 1. The Bertz CT molecular complexity index is 646. The minimum atomic E-state index is -0.335. The number of nitrogens with zero attached hydrogens (tertiary/aromatic N) is 2. The Balaban J connectivity index is 1.57. The number of carbonyl (C=O) groups is 1. The topological polar surface area (TPSA) is 42.4 Å². The first-order chi connectivity index (χ1) is 11.2. The van der Waals surface area contributed by atoms with Crippen LogP contribution in [-0.4, -0.2) is 35.0 Å². The molecule has 0 N–H and O–H groups in total. The van der Waals surface area contributed by atoms with E-state index in [1.807, 2.05) is 12.1 Å². The van der Waals surface area contributed by atoms with Crippen LogP contribution in [0.5, 0.6) is 0 Å². The van der Waals surface area contributed by atoms with Gasteiger partial charge in [-0.25, -0.2) is 4.39 Å². The Hall–Kier alpha value is -2.27. The number of pyridine rings is 1. The fraction of sp³-hybridized carbons (Fsp3) is 0.333. The maximum Gasteiger partial charge on any atom is 0.253 e. The summed E-state index contributed by atoms with van der Waals surface area (Å²) >= 11 is 0. The van der Waals surface area contributed by atoms with Crippen LogP contribution in [0.1, 0.15) is 28.8 Å². The normalized spacial score (nSPS) is 18.0. The van der Waals surface area contributed by atoms with Gasteiger partial charge < -0.3 is 9.64 Å². The van der Waals surface area contributed by atoms with E-state index in [1.165, 1.54) is 24.3 Å². The lowest BCUT2D eigenvalue weighted by Gasteiger charge is -2.32. The maximum absolute atomic E-state index is 13.0. The summed E-state index contributed by atoms with van der Waals surface area (Å²) in [5.74, 6) is -0.405. The zero-order chi connectivity index (χ0) is 16.1. The van der Waals surface area contributed by atoms with Gasteiger partial charge in [0.05, 0.1) is 12.7 Å². The summed E-state index contributed by atoms with van der Waals surface area (Å²) < 4.78 is 18.9. The molecule has 1 aliphatic heterocycles. The number of aromatic nitrogens is 1. The van der Waals surface area contributed by atoms with Crippen LogP contribution in [0, 0.1) is 5.82 Å². The molecule has 2 aromatic rings. The largest absolute Gasteiger partial charge is 0.372 e. The second-order valence-corrected chi connectivity index (χ2v) is 5.69. The molecule has 1 atom stereocenters. The molecule has 4 nitrogen and oxygen atoms in total. The van der Waals surface area contributed by atoms with Gasteiger partial charge >= 0.3 is 0 Å². The minimum absolute atomic E-state index is 0.0216. The molecule has 1 amide bonds. The van der Waals surface area contributed by atoms with Crippen LogP contribution in [0.2, 0.25) is 0 Å². The zero-order valence-electron chi connectivity index (χ0n) is 12.8. The second kappa shape index (κ2) is 7.33. The second-order valence-electron chi connectivity index (χ2n) is 5.69. The quantitative estimate of drug-likeness (QED) is 0.871.